The van der Waals surface area contributed by atoms with Crippen molar-refractivity contribution in [3.63, 3.8) is 0 Å². The van der Waals surface area contributed by atoms with Gasteiger partial charge in [0.15, 0.2) is 0 Å². The second-order valence-electron chi connectivity index (χ2n) is 3.55. The highest BCUT2D eigenvalue weighted by atomic mass is 15.7. The summed E-state index contributed by atoms with van der Waals surface area (Å²) in [7, 11) is 0. The normalized spacial score (nSPS) is 10.9. The molecular weight excluding hydrogens is 180 g/mol. The van der Waals surface area contributed by atoms with Gasteiger partial charge in [-0.3, -0.25) is 0 Å². The van der Waals surface area contributed by atoms with Crippen molar-refractivity contribution in [1.82, 2.24) is 0 Å². The van der Waals surface area contributed by atoms with Gasteiger partial charge in [0.05, 0.1) is 0 Å². The lowest BCUT2D eigenvalue weighted by Gasteiger charge is -2.00. The molecule has 66 valence electrons. The van der Waals surface area contributed by atoms with Crippen LogP contribution < -0.4 is 0 Å². The minimum Gasteiger partial charge on any atom is -0.0616 e. The molecule has 0 fully saturated rings. The lowest BCUT2D eigenvalue weighted by atomic mass is 10.2. The molecule has 3 aromatic rings. The highest BCUT2D eigenvalue weighted by Crippen LogP contribution is 2.21. The van der Waals surface area contributed by atoms with Crippen LogP contribution in [0.4, 0.5) is 0 Å². The number of hydrogen-bond donors (Lipinski definition) is 0. The Morgan fingerprint density at radius 3 is 1.79 bits per heavy atom. The molecule has 0 amide bonds. The minimum absolute atomic E-state index is 1.31. The van der Waals surface area contributed by atoms with Crippen molar-refractivity contribution >= 4 is 21.5 Å². The zero-order valence-electron chi connectivity index (χ0n) is 7.77. The molecule has 0 bridgehead atoms. The van der Waals surface area contributed by atoms with Crippen molar-refractivity contribution in [2.45, 2.75) is 0 Å². The third-order valence-electron chi connectivity index (χ3n) is 2.61. The van der Waals surface area contributed by atoms with Crippen LogP contribution in [0, 0.1) is 0 Å². The summed E-state index contributed by atoms with van der Waals surface area (Å²) in [5, 5.41) is 5.25. The summed E-state index contributed by atoms with van der Waals surface area (Å²) in [5.41, 5.74) is 0. The van der Waals surface area contributed by atoms with Crippen LogP contribution in [0.1, 0.15) is 0 Å². The van der Waals surface area contributed by atoms with Crippen LogP contribution in [0.25, 0.3) is 21.5 Å². The van der Waals surface area contributed by atoms with Gasteiger partial charge >= 0.3 is 0 Å². The molecule has 0 aromatic heterocycles. The largest absolute Gasteiger partial charge is 0.0616 e. The molecule has 0 radical (unpaired) electrons. The predicted octanol–water partition coefficient (Wildman–Crippen LogP) is 3.99. The second kappa shape index (κ2) is 2.85. The fourth-order valence-electron chi connectivity index (χ4n) is 1.88. The maximum absolute atomic E-state index is 2.24. The summed E-state index contributed by atoms with van der Waals surface area (Å²) in [6, 6.07) is 21.4. The van der Waals surface area contributed by atoms with E-state index in [0.717, 1.165) is 0 Å². The molecule has 3 aromatic carbocycles. The molecule has 0 heterocycles. The smallest absolute Gasteiger partial charge is 0.0178 e. The predicted molar refractivity (Wildman–Crippen MR) is 61.5 cm³/mol. The van der Waals surface area contributed by atoms with Crippen LogP contribution >= 0.6 is 0 Å². The quantitative estimate of drug-likeness (QED) is 0.470. The van der Waals surface area contributed by atoms with Crippen molar-refractivity contribution in [3.05, 3.63) is 60.7 Å². The Morgan fingerprint density at radius 1 is 0.786 bits per heavy atom. The van der Waals surface area contributed by atoms with E-state index in [-0.39, 0.29) is 0 Å². The van der Waals surface area contributed by atoms with E-state index in [4.69, 9.17) is 0 Å². The van der Waals surface area contributed by atoms with E-state index in [0.29, 0.717) is 0 Å². The molecule has 0 saturated heterocycles. The summed E-state index contributed by atoms with van der Waals surface area (Å²) >= 11 is 0. The number of hydrogen-bond acceptors (Lipinski definition) is 0. The molecular formula is C14H10. The fraction of sp³-hybridized carbons (Fsp3) is 0. The molecule has 0 atom stereocenters. The lowest BCUT2D eigenvalue weighted by Crippen LogP contribution is -1.74. The van der Waals surface area contributed by atoms with Crippen LogP contribution in [-0.4, -0.2) is 0 Å². The molecule has 0 aliphatic rings. The maximum atomic E-state index is 2.24. The molecule has 0 unspecified atom stereocenters. The first-order valence-corrected chi connectivity index (χ1v) is 4.81. The van der Waals surface area contributed by atoms with Gasteiger partial charge in [-0.15, -0.1) is 0 Å². The molecule has 0 spiro atoms. The Labute approximate surface area is 82.8 Å². The van der Waals surface area contributed by atoms with E-state index in [1.165, 1.54) is 21.5 Å². The van der Waals surface area contributed by atoms with Crippen molar-refractivity contribution in [2.75, 3.05) is 0 Å². The zero-order valence-corrected chi connectivity index (χ0v) is 7.77. The first-order chi connectivity index (χ1) is 6.93. The Kier molecular flexibility index (Phi) is 1.54. The summed E-state index contributed by atoms with van der Waals surface area (Å²) in [5.74, 6) is 0. The van der Waals surface area contributed by atoms with Crippen LogP contribution in [0.15, 0.2) is 60.7 Å². The summed E-state index contributed by atoms with van der Waals surface area (Å²) in [6.07, 6.45) is 0. The Morgan fingerprint density at radius 2 is 1.29 bits per heavy atom. The van der Waals surface area contributed by atoms with Crippen molar-refractivity contribution in [2.24, 2.45) is 0 Å². The molecule has 3 rings (SSSR count). The average Bonchev–Trinajstić information content (AvgIpc) is 2.26. The molecule has 0 saturated carbocycles. The second-order valence-corrected chi connectivity index (χ2v) is 3.55. The first-order valence-electron chi connectivity index (χ1n) is 4.81. The lowest BCUT2D eigenvalue weighted by molar-refractivity contribution is 1.76. The molecule has 0 heteroatoms. The van der Waals surface area contributed by atoms with Gasteiger partial charge in [-0.2, -0.15) is 0 Å². The van der Waals surface area contributed by atoms with E-state index in [2.05, 4.69) is 60.7 Å². The van der Waals surface area contributed by atoms with Crippen LogP contribution in [0.5, 0.6) is 0 Å². The van der Waals surface area contributed by atoms with Crippen molar-refractivity contribution < 1.29 is 0 Å². The summed E-state index contributed by atoms with van der Waals surface area (Å²) in [4.78, 5) is 0. The van der Waals surface area contributed by atoms with Gasteiger partial charge in [0, 0.05) is 0 Å². The van der Waals surface area contributed by atoms with Gasteiger partial charge in [0.1, 0.15) is 0 Å². The van der Waals surface area contributed by atoms with Crippen LogP contribution in [0.2, 0.25) is 0 Å². The van der Waals surface area contributed by atoms with E-state index in [1.54, 1.807) is 0 Å². The van der Waals surface area contributed by atoms with Gasteiger partial charge < -0.3 is 0 Å². The number of benzene rings is 3. The Hall–Kier alpha value is -1.82. The Balaban J connectivity index is 2.52. The standard InChI is InChI=1S/C14H10/c1-2-6-12-10-14-8-4-3-7-13(14)9-11(12)5-1/h1-10H/i1+2,2+2,5+2,6+2,11+2,12+2. The van der Waals surface area contributed by atoms with Gasteiger partial charge in [-0.1, -0.05) is 48.5 Å². The highest BCUT2D eigenvalue weighted by Gasteiger charge is 1.95. The molecule has 0 aliphatic carbocycles. The van der Waals surface area contributed by atoms with Gasteiger partial charge in [-0.25, -0.2) is 0 Å². The number of rotatable bonds is 0. The molecule has 14 heavy (non-hydrogen) atoms. The van der Waals surface area contributed by atoms with E-state index < -0.39 is 0 Å². The summed E-state index contributed by atoms with van der Waals surface area (Å²) in [6.45, 7) is 0. The molecule has 0 nitrogen and oxygen atoms in total. The highest BCUT2D eigenvalue weighted by molar-refractivity contribution is 5.97. The minimum atomic E-state index is 1.31. The van der Waals surface area contributed by atoms with Gasteiger partial charge in [0.2, 0.25) is 0 Å². The Bertz CT molecular complexity index is 489. The third-order valence-corrected chi connectivity index (χ3v) is 2.61. The van der Waals surface area contributed by atoms with Crippen molar-refractivity contribution in [3.8, 4) is 0 Å². The molecule has 0 N–H and O–H groups in total. The SMILES string of the molecule is c1ccc2c[14c]3[14cH][14cH][14cH][14cH][14c]3cc2c1. The zero-order chi connectivity index (χ0) is 9.38. The van der Waals surface area contributed by atoms with E-state index in [9.17, 15) is 0 Å². The van der Waals surface area contributed by atoms with Crippen LogP contribution in [-0.2, 0) is 0 Å². The number of fused-ring (bicyclic) bond motifs is 2. The van der Waals surface area contributed by atoms with Gasteiger partial charge in [0.25, 0.3) is 0 Å². The topological polar surface area (TPSA) is 0 Å². The maximum Gasteiger partial charge on any atom is -0.0178 e. The fourth-order valence-corrected chi connectivity index (χ4v) is 1.88. The van der Waals surface area contributed by atoms with Crippen LogP contribution in [0.3, 0.4) is 0 Å². The molecule has 0 aliphatic heterocycles. The van der Waals surface area contributed by atoms with Gasteiger partial charge in [-0.05, 0) is 33.7 Å². The summed E-state index contributed by atoms with van der Waals surface area (Å²) < 4.78 is 0. The first kappa shape index (κ1) is 7.57. The van der Waals surface area contributed by atoms with E-state index in [1.807, 2.05) is 0 Å². The van der Waals surface area contributed by atoms with Crippen molar-refractivity contribution in [1.29, 1.82) is 0 Å². The van der Waals surface area contributed by atoms with E-state index >= 15 is 0 Å². The third kappa shape index (κ3) is 1.08. The average molecular weight is 190 g/mol. The monoisotopic (exact) mass is 190 g/mol.